The number of rotatable bonds is 3. The second-order valence-electron chi connectivity index (χ2n) is 6.67. The summed E-state index contributed by atoms with van der Waals surface area (Å²) in [4.78, 5) is 19.4. The van der Waals surface area contributed by atoms with Crippen LogP contribution in [0.4, 0.5) is 5.69 Å². The SMILES string of the molecule is Cc1cnc2c(c1)N(C(=O)c1cccc(-c3cccc(CN)c3)c1)CC2. The van der Waals surface area contributed by atoms with Gasteiger partial charge in [0, 0.05) is 31.3 Å². The maximum atomic E-state index is 13.1. The Morgan fingerprint density at radius 3 is 2.69 bits per heavy atom. The summed E-state index contributed by atoms with van der Waals surface area (Å²) in [5.74, 6) is 0.0213. The summed E-state index contributed by atoms with van der Waals surface area (Å²) in [7, 11) is 0. The number of amides is 1. The first-order valence-electron chi connectivity index (χ1n) is 8.82. The van der Waals surface area contributed by atoms with Gasteiger partial charge in [-0.05, 0) is 53.4 Å². The van der Waals surface area contributed by atoms with Gasteiger partial charge >= 0.3 is 0 Å². The van der Waals surface area contributed by atoms with Crippen LogP contribution in [-0.4, -0.2) is 17.4 Å². The molecule has 1 amide bonds. The number of aryl methyl sites for hydroxylation is 1. The maximum Gasteiger partial charge on any atom is 0.258 e. The van der Waals surface area contributed by atoms with E-state index in [-0.39, 0.29) is 5.91 Å². The van der Waals surface area contributed by atoms with Crippen molar-refractivity contribution in [3.8, 4) is 11.1 Å². The first-order valence-corrected chi connectivity index (χ1v) is 8.82. The zero-order chi connectivity index (χ0) is 18.1. The quantitative estimate of drug-likeness (QED) is 0.788. The van der Waals surface area contributed by atoms with Crippen LogP contribution in [0, 0.1) is 6.92 Å². The second kappa shape index (κ2) is 6.73. The molecule has 0 atom stereocenters. The van der Waals surface area contributed by atoms with E-state index in [1.807, 2.05) is 66.6 Å². The molecule has 4 nitrogen and oxygen atoms in total. The van der Waals surface area contributed by atoms with Gasteiger partial charge in [-0.15, -0.1) is 0 Å². The third-order valence-corrected chi connectivity index (χ3v) is 4.80. The van der Waals surface area contributed by atoms with Crippen LogP contribution in [0.2, 0.25) is 0 Å². The second-order valence-corrected chi connectivity index (χ2v) is 6.67. The van der Waals surface area contributed by atoms with Crippen LogP contribution in [0.25, 0.3) is 11.1 Å². The van der Waals surface area contributed by atoms with Crippen molar-refractivity contribution in [2.24, 2.45) is 5.73 Å². The van der Waals surface area contributed by atoms with E-state index in [1.165, 1.54) is 0 Å². The van der Waals surface area contributed by atoms with Crippen molar-refractivity contribution in [2.45, 2.75) is 19.9 Å². The van der Waals surface area contributed by atoms with E-state index >= 15 is 0 Å². The molecular weight excluding hydrogens is 322 g/mol. The summed E-state index contributed by atoms with van der Waals surface area (Å²) in [6.45, 7) is 3.18. The van der Waals surface area contributed by atoms with Crippen LogP contribution in [-0.2, 0) is 13.0 Å². The van der Waals surface area contributed by atoms with Crippen LogP contribution in [0.15, 0.2) is 60.8 Å². The molecule has 4 rings (SSSR count). The number of anilines is 1. The van der Waals surface area contributed by atoms with Crippen molar-refractivity contribution in [3.63, 3.8) is 0 Å². The van der Waals surface area contributed by atoms with Gasteiger partial charge in [-0.25, -0.2) is 0 Å². The summed E-state index contributed by atoms with van der Waals surface area (Å²) >= 11 is 0. The van der Waals surface area contributed by atoms with Crippen molar-refractivity contribution in [2.75, 3.05) is 11.4 Å². The minimum Gasteiger partial charge on any atom is -0.326 e. The molecule has 3 aromatic rings. The lowest BCUT2D eigenvalue weighted by atomic mass is 10.0. The van der Waals surface area contributed by atoms with Crippen LogP contribution in [0.3, 0.4) is 0 Å². The molecule has 0 radical (unpaired) electrons. The van der Waals surface area contributed by atoms with Crippen molar-refractivity contribution in [1.29, 1.82) is 0 Å². The van der Waals surface area contributed by atoms with Crippen LogP contribution in [0.5, 0.6) is 0 Å². The van der Waals surface area contributed by atoms with Gasteiger partial charge in [0.1, 0.15) is 0 Å². The lowest BCUT2D eigenvalue weighted by Gasteiger charge is -2.18. The molecule has 1 aliphatic rings. The molecule has 0 saturated heterocycles. The highest BCUT2D eigenvalue weighted by Crippen LogP contribution is 2.29. The third kappa shape index (κ3) is 3.00. The fourth-order valence-corrected chi connectivity index (χ4v) is 3.42. The number of fused-ring (bicyclic) bond motifs is 1. The van der Waals surface area contributed by atoms with Gasteiger partial charge in [0.05, 0.1) is 11.4 Å². The summed E-state index contributed by atoms with van der Waals surface area (Å²) < 4.78 is 0. The highest BCUT2D eigenvalue weighted by atomic mass is 16.2. The van der Waals surface area contributed by atoms with E-state index in [2.05, 4.69) is 11.1 Å². The van der Waals surface area contributed by atoms with Gasteiger partial charge in [0.15, 0.2) is 0 Å². The lowest BCUT2D eigenvalue weighted by Crippen LogP contribution is -2.28. The Hall–Kier alpha value is -2.98. The Morgan fingerprint density at radius 2 is 1.88 bits per heavy atom. The van der Waals surface area contributed by atoms with Gasteiger partial charge in [-0.3, -0.25) is 9.78 Å². The molecule has 0 bridgehead atoms. The Morgan fingerprint density at radius 1 is 1.12 bits per heavy atom. The van der Waals surface area contributed by atoms with Gasteiger partial charge < -0.3 is 10.6 Å². The number of carbonyl (C=O) groups excluding carboxylic acids is 1. The minimum atomic E-state index is 0.0213. The molecule has 0 saturated carbocycles. The van der Waals surface area contributed by atoms with Crippen LogP contribution >= 0.6 is 0 Å². The fourth-order valence-electron chi connectivity index (χ4n) is 3.42. The number of hydrogen-bond donors (Lipinski definition) is 1. The van der Waals surface area contributed by atoms with Crippen LogP contribution < -0.4 is 10.6 Å². The van der Waals surface area contributed by atoms with Gasteiger partial charge in [0.25, 0.3) is 5.91 Å². The predicted octanol–water partition coefficient (Wildman–Crippen LogP) is 3.72. The number of pyridine rings is 1. The molecule has 0 aliphatic carbocycles. The Balaban J connectivity index is 1.67. The summed E-state index contributed by atoms with van der Waals surface area (Å²) in [5, 5.41) is 0. The number of aromatic nitrogens is 1. The van der Waals surface area contributed by atoms with Crippen LogP contribution in [0.1, 0.15) is 27.2 Å². The highest BCUT2D eigenvalue weighted by molar-refractivity contribution is 6.07. The first kappa shape index (κ1) is 16.5. The number of hydrogen-bond acceptors (Lipinski definition) is 3. The zero-order valence-corrected chi connectivity index (χ0v) is 14.8. The summed E-state index contributed by atoms with van der Waals surface area (Å²) in [6.07, 6.45) is 2.66. The van der Waals surface area contributed by atoms with Crippen molar-refractivity contribution in [1.82, 2.24) is 4.98 Å². The van der Waals surface area contributed by atoms with Gasteiger partial charge in [-0.1, -0.05) is 30.3 Å². The number of carbonyl (C=O) groups is 1. The van der Waals surface area contributed by atoms with Crippen molar-refractivity contribution < 1.29 is 4.79 Å². The van der Waals surface area contributed by atoms with Crippen molar-refractivity contribution >= 4 is 11.6 Å². The average molecular weight is 343 g/mol. The summed E-state index contributed by atoms with van der Waals surface area (Å²) in [6, 6.07) is 18.0. The number of benzene rings is 2. The van der Waals surface area contributed by atoms with E-state index in [9.17, 15) is 4.79 Å². The molecule has 1 aliphatic heterocycles. The fraction of sp³-hybridized carbons (Fsp3) is 0.182. The number of nitrogens with two attached hydrogens (primary N) is 1. The normalized spacial score (nSPS) is 12.9. The Bertz CT molecular complexity index is 981. The van der Waals surface area contributed by atoms with Gasteiger partial charge in [-0.2, -0.15) is 0 Å². The Labute approximate surface area is 153 Å². The standard InChI is InChI=1S/C22H21N3O/c1-15-10-21-20(24-14-15)8-9-25(21)22(26)19-7-3-6-18(12-19)17-5-2-4-16(11-17)13-23/h2-7,10-12,14H,8-9,13,23H2,1H3. The molecule has 4 heteroatoms. The zero-order valence-electron chi connectivity index (χ0n) is 14.8. The maximum absolute atomic E-state index is 13.1. The largest absolute Gasteiger partial charge is 0.326 e. The Kier molecular flexibility index (Phi) is 4.27. The molecule has 26 heavy (non-hydrogen) atoms. The average Bonchev–Trinajstić information content (AvgIpc) is 3.10. The van der Waals surface area contributed by atoms with E-state index in [1.54, 1.807) is 0 Å². The monoisotopic (exact) mass is 343 g/mol. The smallest absolute Gasteiger partial charge is 0.258 e. The molecule has 0 unspecified atom stereocenters. The van der Waals surface area contributed by atoms with Crippen molar-refractivity contribution in [3.05, 3.63) is 83.2 Å². The lowest BCUT2D eigenvalue weighted by molar-refractivity contribution is 0.0989. The molecule has 130 valence electrons. The molecule has 1 aromatic heterocycles. The van der Waals surface area contributed by atoms with E-state index in [4.69, 9.17) is 5.73 Å². The third-order valence-electron chi connectivity index (χ3n) is 4.80. The van der Waals surface area contributed by atoms with E-state index < -0.39 is 0 Å². The highest BCUT2D eigenvalue weighted by Gasteiger charge is 2.26. The topological polar surface area (TPSA) is 59.2 Å². The first-order chi connectivity index (χ1) is 12.7. The van der Waals surface area contributed by atoms with Gasteiger partial charge in [0.2, 0.25) is 0 Å². The predicted molar refractivity (Wildman–Crippen MR) is 104 cm³/mol. The molecule has 2 aromatic carbocycles. The molecule has 0 fully saturated rings. The number of nitrogens with zero attached hydrogens (tertiary/aromatic N) is 2. The van der Waals surface area contributed by atoms with E-state index in [0.717, 1.165) is 40.1 Å². The van der Waals surface area contributed by atoms with E-state index in [0.29, 0.717) is 18.7 Å². The molecule has 0 spiro atoms. The molecule has 2 heterocycles. The molecule has 2 N–H and O–H groups in total. The minimum absolute atomic E-state index is 0.0213. The summed E-state index contributed by atoms with van der Waals surface area (Å²) in [5.41, 5.74) is 12.6. The molecular formula is C22H21N3O.